The standard InChI is InChI=1S/C22H28O3/c1-21-11-9-18-17-8-6-16(23-2)14-15(17)5-7-19(18)20(21)4-3-10-22(21)24-12-13-25-22/h6,8,14,18H,3-5,7,9-13H2,1-2H3. The normalized spacial score (nSPS) is 33.0. The van der Waals surface area contributed by atoms with Gasteiger partial charge in [-0.3, -0.25) is 0 Å². The van der Waals surface area contributed by atoms with E-state index in [0.29, 0.717) is 5.92 Å². The van der Waals surface area contributed by atoms with Gasteiger partial charge in [0.25, 0.3) is 0 Å². The van der Waals surface area contributed by atoms with Crippen LogP contribution in [0.4, 0.5) is 0 Å². The van der Waals surface area contributed by atoms with Crippen LogP contribution in [-0.2, 0) is 15.9 Å². The molecule has 2 atom stereocenters. The van der Waals surface area contributed by atoms with Crippen molar-refractivity contribution in [3.63, 3.8) is 0 Å². The van der Waals surface area contributed by atoms with Gasteiger partial charge in [-0.15, -0.1) is 0 Å². The van der Waals surface area contributed by atoms with Crippen LogP contribution in [0.25, 0.3) is 0 Å². The average molecular weight is 340 g/mol. The number of ether oxygens (including phenoxy) is 3. The van der Waals surface area contributed by atoms with E-state index in [1.54, 1.807) is 18.3 Å². The predicted molar refractivity (Wildman–Crippen MR) is 96.9 cm³/mol. The largest absolute Gasteiger partial charge is 0.497 e. The molecule has 3 aliphatic carbocycles. The topological polar surface area (TPSA) is 27.7 Å². The molecular weight excluding hydrogens is 312 g/mol. The quantitative estimate of drug-likeness (QED) is 0.691. The molecule has 4 aliphatic rings. The zero-order valence-electron chi connectivity index (χ0n) is 15.4. The Balaban J connectivity index is 1.59. The van der Waals surface area contributed by atoms with Crippen LogP contribution in [0, 0.1) is 5.41 Å². The molecule has 3 nitrogen and oxygen atoms in total. The van der Waals surface area contributed by atoms with E-state index >= 15 is 0 Å². The van der Waals surface area contributed by atoms with Crippen molar-refractivity contribution >= 4 is 0 Å². The van der Waals surface area contributed by atoms with Crippen LogP contribution in [0.2, 0.25) is 0 Å². The fourth-order valence-corrected chi connectivity index (χ4v) is 6.07. The number of hydrogen-bond acceptors (Lipinski definition) is 3. The summed E-state index contributed by atoms with van der Waals surface area (Å²) in [5.41, 5.74) is 6.45. The molecule has 1 aliphatic heterocycles. The summed E-state index contributed by atoms with van der Waals surface area (Å²) in [6.07, 6.45) is 8.17. The van der Waals surface area contributed by atoms with Crippen LogP contribution in [0.15, 0.2) is 29.3 Å². The SMILES string of the molecule is COc1ccc2c(c1)CCC1=C3CCCC4(OCCO4)C3(C)CCC12. The molecule has 0 bridgehead atoms. The number of aryl methyl sites for hydroxylation is 1. The third kappa shape index (κ3) is 2.12. The average Bonchev–Trinajstić information content (AvgIpc) is 3.12. The summed E-state index contributed by atoms with van der Waals surface area (Å²) < 4.78 is 18.0. The van der Waals surface area contributed by atoms with Crippen LogP contribution < -0.4 is 4.74 Å². The van der Waals surface area contributed by atoms with Gasteiger partial charge in [-0.2, -0.15) is 0 Å². The lowest BCUT2D eigenvalue weighted by Gasteiger charge is -2.54. The Morgan fingerprint density at radius 2 is 1.92 bits per heavy atom. The molecule has 1 saturated heterocycles. The van der Waals surface area contributed by atoms with Crippen molar-refractivity contribution in [2.45, 2.75) is 63.6 Å². The van der Waals surface area contributed by atoms with E-state index in [-0.39, 0.29) is 11.2 Å². The van der Waals surface area contributed by atoms with Gasteiger partial charge in [-0.1, -0.05) is 24.1 Å². The summed E-state index contributed by atoms with van der Waals surface area (Å²) in [6, 6.07) is 6.68. The Bertz CT molecular complexity index is 729. The molecular formula is C22H28O3. The van der Waals surface area contributed by atoms with Crippen molar-refractivity contribution in [2.24, 2.45) is 5.41 Å². The molecule has 1 heterocycles. The van der Waals surface area contributed by atoms with Crippen LogP contribution in [0.3, 0.4) is 0 Å². The Morgan fingerprint density at radius 3 is 2.72 bits per heavy atom. The molecule has 134 valence electrons. The second-order valence-corrected chi connectivity index (χ2v) is 8.30. The summed E-state index contributed by atoms with van der Waals surface area (Å²) in [5, 5.41) is 0. The lowest BCUT2D eigenvalue weighted by Crippen LogP contribution is -2.53. The second-order valence-electron chi connectivity index (χ2n) is 8.30. The molecule has 2 fully saturated rings. The van der Waals surface area contributed by atoms with Crippen LogP contribution >= 0.6 is 0 Å². The molecule has 0 amide bonds. The first kappa shape index (κ1) is 15.9. The number of hydrogen-bond donors (Lipinski definition) is 0. The van der Waals surface area contributed by atoms with Gasteiger partial charge in [-0.05, 0) is 61.8 Å². The Morgan fingerprint density at radius 1 is 1.08 bits per heavy atom. The summed E-state index contributed by atoms with van der Waals surface area (Å²) >= 11 is 0. The van der Waals surface area contributed by atoms with Crippen LogP contribution in [-0.4, -0.2) is 26.1 Å². The summed E-state index contributed by atoms with van der Waals surface area (Å²) in [4.78, 5) is 0. The number of benzene rings is 1. The molecule has 0 radical (unpaired) electrons. The number of rotatable bonds is 1. The second kappa shape index (κ2) is 5.59. The van der Waals surface area contributed by atoms with Gasteiger partial charge in [0, 0.05) is 17.8 Å². The maximum atomic E-state index is 6.26. The van der Waals surface area contributed by atoms with Crippen molar-refractivity contribution in [1.29, 1.82) is 0 Å². The zero-order chi connectivity index (χ0) is 17.1. The van der Waals surface area contributed by atoms with Crippen molar-refractivity contribution in [3.8, 4) is 5.75 Å². The van der Waals surface area contributed by atoms with Gasteiger partial charge in [0.1, 0.15) is 5.75 Å². The molecule has 0 aromatic heterocycles. The minimum absolute atomic E-state index is 0.0670. The van der Waals surface area contributed by atoms with Gasteiger partial charge >= 0.3 is 0 Å². The predicted octanol–water partition coefficient (Wildman–Crippen LogP) is 4.75. The molecule has 0 N–H and O–H groups in total. The highest BCUT2D eigenvalue weighted by atomic mass is 16.7. The highest BCUT2D eigenvalue weighted by Crippen LogP contribution is 2.61. The maximum Gasteiger partial charge on any atom is 0.177 e. The van der Waals surface area contributed by atoms with Crippen LogP contribution in [0.5, 0.6) is 5.75 Å². The third-order valence-corrected chi connectivity index (χ3v) is 7.32. The first-order valence-electron chi connectivity index (χ1n) is 9.84. The monoisotopic (exact) mass is 340 g/mol. The maximum absolute atomic E-state index is 6.26. The Kier molecular flexibility index (Phi) is 3.55. The van der Waals surface area contributed by atoms with E-state index in [1.165, 1.54) is 43.2 Å². The van der Waals surface area contributed by atoms with E-state index in [4.69, 9.17) is 14.2 Å². The fraction of sp³-hybridized carbons (Fsp3) is 0.636. The highest BCUT2D eigenvalue weighted by Gasteiger charge is 2.58. The first-order chi connectivity index (χ1) is 12.2. The molecule has 5 rings (SSSR count). The molecule has 1 spiro atoms. The van der Waals surface area contributed by atoms with E-state index < -0.39 is 0 Å². The van der Waals surface area contributed by atoms with Crippen molar-refractivity contribution in [2.75, 3.05) is 20.3 Å². The van der Waals surface area contributed by atoms with E-state index in [0.717, 1.165) is 31.8 Å². The zero-order valence-corrected chi connectivity index (χ0v) is 15.4. The minimum Gasteiger partial charge on any atom is -0.497 e. The van der Waals surface area contributed by atoms with Gasteiger partial charge < -0.3 is 14.2 Å². The molecule has 1 saturated carbocycles. The van der Waals surface area contributed by atoms with E-state index in [1.807, 2.05) is 0 Å². The number of methoxy groups -OCH3 is 1. The van der Waals surface area contributed by atoms with Crippen molar-refractivity contribution in [3.05, 3.63) is 40.5 Å². The number of allylic oxidation sites excluding steroid dienone is 1. The lowest BCUT2D eigenvalue weighted by molar-refractivity contribution is -0.238. The van der Waals surface area contributed by atoms with Crippen molar-refractivity contribution < 1.29 is 14.2 Å². The molecule has 1 aromatic carbocycles. The Hall–Kier alpha value is -1.32. The van der Waals surface area contributed by atoms with E-state index in [2.05, 4.69) is 25.1 Å². The van der Waals surface area contributed by atoms with Crippen LogP contribution in [0.1, 0.15) is 62.5 Å². The van der Waals surface area contributed by atoms with Gasteiger partial charge in [0.2, 0.25) is 0 Å². The van der Waals surface area contributed by atoms with Gasteiger partial charge in [-0.25, -0.2) is 0 Å². The van der Waals surface area contributed by atoms with Gasteiger partial charge in [0.05, 0.1) is 20.3 Å². The van der Waals surface area contributed by atoms with Crippen molar-refractivity contribution in [1.82, 2.24) is 0 Å². The Labute approximate surface area is 150 Å². The molecule has 2 unspecified atom stereocenters. The lowest BCUT2D eigenvalue weighted by atomic mass is 9.56. The highest BCUT2D eigenvalue weighted by molar-refractivity contribution is 5.48. The molecule has 25 heavy (non-hydrogen) atoms. The summed E-state index contributed by atoms with van der Waals surface area (Å²) in [6.45, 7) is 3.92. The minimum atomic E-state index is -0.348. The molecule has 1 aromatic rings. The molecule has 3 heteroatoms. The fourth-order valence-electron chi connectivity index (χ4n) is 6.07. The summed E-state index contributed by atoms with van der Waals surface area (Å²) in [5.74, 6) is 1.23. The first-order valence-corrected chi connectivity index (χ1v) is 9.84. The van der Waals surface area contributed by atoms with Gasteiger partial charge in [0.15, 0.2) is 5.79 Å². The van der Waals surface area contributed by atoms with E-state index in [9.17, 15) is 0 Å². The number of fused-ring (bicyclic) bond motifs is 5. The summed E-state index contributed by atoms with van der Waals surface area (Å²) in [7, 11) is 1.76. The smallest absolute Gasteiger partial charge is 0.177 e. The third-order valence-electron chi connectivity index (χ3n) is 7.32.